The lowest BCUT2D eigenvalue weighted by Crippen LogP contribution is -2.20. The van der Waals surface area contributed by atoms with Crippen LogP contribution in [-0.2, 0) is 21.8 Å². The van der Waals surface area contributed by atoms with Crippen LogP contribution in [0.1, 0.15) is 11.3 Å². The first-order valence-electron chi connectivity index (χ1n) is 5.25. The molecule has 0 aliphatic heterocycles. The van der Waals surface area contributed by atoms with Gasteiger partial charge >= 0.3 is 12.3 Å². The number of rotatable bonds is 5. The van der Waals surface area contributed by atoms with Crippen LogP contribution in [0.5, 0.6) is 11.5 Å². The number of alkyl halides is 4. The zero-order chi connectivity index (χ0) is 15.3. The molecule has 0 bridgehead atoms. The molecule has 0 fully saturated rings. The van der Waals surface area contributed by atoms with Gasteiger partial charge in [0.05, 0.1) is 26.5 Å². The van der Waals surface area contributed by atoms with E-state index in [-0.39, 0.29) is 29.3 Å². The average molecular weight is 314 g/mol. The van der Waals surface area contributed by atoms with Crippen LogP contribution >= 0.6 is 11.6 Å². The molecule has 0 radical (unpaired) electrons. The molecule has 0 aliphatic rings. The van der Waals surface area contributed by atoms with Crippen molar-refractivity contribution >= 4 is 17.6 Å². The number of carbonyl (C=O) groups is 1. The van der Waals surface area contributed by atoms with Crippen LogP contribution in [0.3, 0.4) is 0 Å². The van der Waals surface area contributed by atoms with Crippen molar-refractivity contribution in [3.63, 3.8) is 0 Å². The van der Waals surface area contributed by atoms with Gasteiger partial charge in [-0.3, -0.25) is 9.78 Å². The molecule has 1 aromatic heterocycles. The van der Waals surface area contributed by atoms with Crippen LogP contribution in [0.25, 0.3) is 0 Å². The van der Waals surface area contributed by atoms with Crippen molar-refractivity contribution in [3.8, 4) is 11.5 Å². The van der Waals surface area contributed by atoms with Crippen molar-refractivity contribution in [1.82, 2.24) is 4.98 Å². The lowest BCUT2D eigenvalue weighted by atomic mass is 10.1. The predicted octanol–water partition coefficient (Wildman–Crippen LogP) is 2.44. The molecule has 5 nitrogen and oxygen atoms in total. The first-order chi connectivity index (χ1) is 9.32. The van der Waals surface area contributed by atoms with E-state index < -0.39 is 18.1 Å². The molecule has 1 heterocycles. The Kier molecular flexibility index (Phi) is 5.43. The molecule has 1 aromatic rings. The summed E-state index contributed by atoms with van der Waals surface area (Å²) in [5.74, 6) is -1.86. The maximum absolute atomic E-state index is 12.4. The minimum absolute atomic E-state index is 0.104. The number of pyridine rings is 1. The first kappa shape index (κ1) is 16.4. The van der Waals surface area contributed by atoms with Gasteiger partial charge in [0.2, 0.25) is 0 Å². The number of methoxy groups -OCH3 is 2. The Hall–Kier alpha value is -1.70. The maximum Gasteiger partial charge on any atom is 0.573 e. The zero-order valence-corrected chi connectivity index (χ0v) is 11.3. The van der Waals surface area contributed by atoms with E-state index in [1.807, 2.05) is 0 Å². The summed E-state index contributed by atoms with van der Waals surface area (Å²) in [6.07, 6.45) is -4.04. The molecule has 112 valence electrons. The highest BCUT2D eigenvalue weighted by atomic mass is 35.5. The minimum atomic E-state index is -4.93. The molecule has 0 atom stereocenters. The van der Waals surface area contributed by atoms with Gasteiger partial charge in [-0.25, -0.2) is 0 Å². The van der Waals surface area contributed by atoms with Gasteiger partial charge in [0.15, 0.2) is 11.5 Å². The molecule has 0 N–H and O–H groups in total. The molecule has 0 aromatic carbocycles. The second-order valence-corrected chi connectivity index (χ2v) is 3.79. The third kappa shape index (κ3) is 4.16. The fourth-order valence-corrected chi connectivity index (χ4v) is 1.63. The lowest BCUT2D eigenvalue weighted by Gasteiger charge is -2.17. The fourth-order valence-electron chi connectivity index (χ4n) is 1.44. The largest absolute Gasteiger partial charge is 0.573 e. The summed E-state index contributed by atoms with van der Waals surface area (Å²) in [5.41, 5.74) is -0.0399. The molecule has 1 rings (SSSR count). The van der Waals surface area contributed by atoms with E-state index in [0.29, 0.717) is 0 Å². The summed E-state index contributed by atoms with van der Waals surface area (Å²) < 4.78 is 50.4. The molecule has 0 aliphatic carbocycles. The third-order valence-electron chi connectivity index (χ3n) is 2.25. The van der Waals surface area contributed by atoms with Gasteiger partial charge in [-0.1, -0.05) is 0 Å². The van der Waals surface area contributed by atoms with Crippen LogP contribution in [-0.4, -0.2) is 31.5 Å². The van der Waals surface area contributed by atoms with Gasteiger partial charge in [0.25, 0.3) is 0 Å². The number of halogens is 4. The molecule has 0 saturated heterocycles. The van der Waals surface area contributed by atoms with Gasteiger partial charge in [-0.2, -0.15) is 0 Å². The van der Waals surface area contributed by atoms with E-state index >= 15 is 0 Å². The number of ether oxygens (including phenoxy) is 3. The van der Waals surface area contributed by atoms with Crippen molar-refractivity contribution in [3.05, 3.63) is 17.5 Å². The zero-order valence-electron chi connectivity index (χ0n) is 10.6. The monoisotopic (exact) mass is 313 g/mol. The Labute approximate surface area is 117 Å². The van der Waals surface area contributed by atoms with E-state index in [9.17, 15) is 18.0 Å². The Balaban J connectivity index is 3.28. The Morgan fingerprint density at radius 3 is 2.45 bits per heavy atom. The van der Waals surface area contributed by atoms with Gasteiger partial charge in [0, 0.05) is 11.8 Å². The standard InChI is InChI=1S/C11H11ClF3NO4/c1-18-8(17)3-6-5-16-7(4-12)10(9(6)19-2)20-11(13,14)15/h5H,3-4H2,1-2H3. The number of nitrogens with zero attached hydrogens (tertiary/aromatic N) is 1. The highest BCUT2D eigenvalue weighted by Gasteiger charge is 2.35. The second-order valence-electron chi connectivity index (χ2n) is 3.53. The van der Waals surface area contributed by atoms with Gasteiger partial charge in [0.1, 0.15) is 5.69 Å². The van der Waals surface area contributed by atoms with Crippen molar-refractivity contribution < 1.29 is 32.2 Å². The summed E-state index contributed by atoms with van der Waals surface area (Å²) in [4.78, 5) is 14.9. The maximum atomic E-state index is 12.4. The number of hydrogen-bond donors (Lipinski definition) is 0. The SMILES string of the molecule is COC(=O)Cc1cnc(CCl)c(OC(F)(F)F)c1OC. The molecular weight excluding hydrogens is 303 g/mol. The molecular formula is C11H11ClF3NO4. The number of hydrogen-bond acceptors (Lipinski definition) is 5. The average Bonchev–Trinajstić information content (AvgIpc) is 2.37. The third-order valence-corrected chi connectivity index (χ3v) is 2.50. The van der Waals surface area contributed by atoms with Gasteiger partial charge in [-0.05, 0) is 0 Å². The topological polar surface area (TPSA) is 57.7 Å². The van der Waals surface area contributed by atoms with E-state index in [1.165, 1.54) is 6.20 Å². The molecule has 0 unspecified atom stereocenters. The van der Waals surface area contributed by atoms with Crippen molar-refractivity contribution in [2.75, 3.05) is 14.2 Å². The minimum Gasteiger partial charge on any atom is -0.492 e. The molecule has 0 spiro atoms. The Morgan fingerprint density at radius 1 is 1.35 bits per heavy atom. The van der Waals surface area contributed by atoms with Crippen LogP contribution in [0.15, 0.2) is 6.20 Å². The van der Waals surface area contributed by atoms with Crippen LogP contribution in [0, 0.1) is 0 Å². The van der Waals surface area contributed by atoms with E-state index in [4.69, 9.17) is 16.3 Å². The molecule has 0 saturated carbocycles. The van der Waals surface area contributed by atoms with Crippen LogP contribution in [0.2, 0.25) is 0 Å². The summed E-state index contributed by atoms with van der Waals surface area (Å²) >= 11 is 5.52. The predicted molar refractivity (Wildman–Crippen MR) is 62.7 cm³/mol. The van der Waals surface area contributed by atoms with E-state index in [0.717, 1.165) is 14.2 Å². The number of aromatic nitrogens is 1. The summed E-state index contributed by atoms with van der Waals surface area (Å²) in [6.45, 7) is 0. The molecule has 9 heteroatoms. The summed E-state index contributed by atoms with van der Waals surface area (Å²) in [7, 11) is 2.31. The van der Waals surface area contributed by atoms with Gasteiger partial charge < -0.3 is 14.2 Å². The van der Waals surface area contributed by atoms with E-state index in [2.05, 4.69) is 14.5 Å². The van der Waals surface area contributed by atoms with Gasteiger partial charge in [-0.15, -0.1) is 24.8 Å². The highest BCUT2D eigenvalue weighted by molar-refractivity contribution is 6.17. The van der Waals surface area contributed by atoms with Crippen LogP contribution in [0.4, 0.5) is 13.2 Å². The smallest absolute Gasteiger partial charge is 0.492 e. The van der Waals surface area contributed by atoms with E-state index in [1.54, 1.807) is 0 Å². The summed E-state index contributed by atoms with van der Waals surface area (Å²) in [5, 5.41) is 0. The summed E-state index contributed by atoms with van der Waals surface area (Å²) in [6, 6.07) is 0. The Bertz CT molecular complexity index is 493. The quantitative estimate of drug-likeness (QED) is 0.617. The first-order valence-corrected chi connectivity index (χ1v) is 5.79. The molecule has 0 amide bonds. The highest BCUT2D eigenvalue weighted by Crippen LogP contribution is 2.38. The second kappa shape index (κ2) is 6.65. The molecule has 20 heavy (non-hydrogen) atoms. The normalized spacial score (nSPS) is 11.1. The fraction of sp³-hybridized carbons (Fsp3) is 0.455. The lowest BCUT2D eigenvalue weighted by molar-refractivity contribution is -0.275. The van der Waals surface area contributed by atoms with Crippen molar-refractivity contribution in [1.29, 1.82) is 0 Å². The van der Waals surface area contributed by atoms with Crippen molar-refractivity contribution in [2.45, 2.75) is 18.7 Å². The number of carbonyl (C=O) groups excluding carboxylic acids is 1. The Morgan fingerprint density at radius 2 is 2.00 bits per heavy atom. The van der Waals surface area contributed by atoms with Crippen molar-refractivity contribution in [2.24, 2.45) is 0 Å². The van der Waals surface area contributed by atoms with Crippen LogP contribution < -0.4 is 9.47 Å². The number of esters is 1.